The number of hydrogen-bond donors (Lipinski definition) is 1. The van der Waals surface area contributed by atoms with E-state index >= 15 is 0 Å². The molecule has 1 saturated heterocycles. The van der Waals surface area contributed by atoms with Crippen molar-refractivity contribution in [2.24, 2.45) is 0 Å². The normalized spacial score (nSPS) is 16.8. The van der Waals surface area contributed by atoms with Crippen LogP contribution in [0.25, 0.3) is 10.9 Å². The van der Waals surface area contributed by atoms with Crippen molar-refractivity contribution in [1.82, 2.24) is 14.8 Å². The summed E-state index contributed by atoms with van der Waals surface area (Å²) in [5.74, 6) is -0.369. The van der Waals surface area contributed by atoms with Crippen LogP contribution in [0.5, 0.6) is 0 Å². The van der Waals surface area contributed by atoms with Gasteiger partial charge in [-0.2, -0.15) is 0 Å². The molecule has 4 rings (SSSR count). The number of hydrogen-bond acceptors (Lipinski definition) is 2. The number of para-hydroxylation sites is 1. The van der Waals surface area contributed by atoms with Gasteiger partial charge < -0.3 is 9.88 Å². The molecule has 1 amide bonds. The van der Waals surface area contributed by atoms with Crippen LogP contribution < -0.4 is 5.32 Å². The lowest BCUT2D eigenvalue weighted by Crippen LogP contribution is -2.52. The Morgan fingerprint density at radius 3 is 2.43 bits per heavy atom. The largest absolute Gasteiger partial charge is 0.347 e. The van der Waals surface area contributed by atoms with Gasteiger partial charge in [-0.25, -0.2) is 4.39 Å². The monoisotopic (exact) mass is 407 g/mol. The van der Waals surface area contributed by atoms with Crippen molar-refractivity contribution in [3.05, 3.63) is 71.7 Å². The average Bonchev–Trinajstić information content (AvgIpc) is 3.08. The summed E-state index contributed by atoms with van der Waals surface area (Å²) in [5, 5.41) is 4.37. The van der Waals surface area contributed by atoms with Crippen LogP contribution in [0.1, 0.15) is 50.8 Å². The van der Waals surface area contributed by atoms with E-state index in [0.29, 0.717) is 24.4 Å². The highest BCUT2D eigenvalue weighted by molar-refractivity contribution is 5.84. The first-order valence-corrected chi connectivity index (χ1v) is 10.7. The minimum Gasteiger partial charge on any atom is -0.347 e. The third-order valence-corrected chi connectivity index (χ3v) is 6.29. The smallest absolute Gasteiger partial charge is 0.217 e. The number of piperidine rings is 1. The van der Waals surface area contributed by atoms with E-state index in [4.69, 9.17) is 0 Å². The average molecular weight is 408 g/mol. The molecule has 1 aliphatic rings. The maximum Gasteiger partial charge on any atom is 0.217 e. The molecule has 1 N–H and O–H groups in total. The fourth-order valence-electron chi connectivity index (χ4n) is 4.81. The zero-order chi connectivity index (χ0) is 21.3. The summed E-state index contributed by atoms with van der Waals surface area (Å²) >= 11 is 0. The molecule has 0 bridgehead atoms. The van der Waals surface area contributed by atoms with Crippen LogP contribution >= 0.6 is 0 Å². The quantitative estimate of drug-likeness (QED) is 0.647. The Morgan fingerprint density at radius 1 is 1.10 bits per heavy atom. The molecule has 0 radical (unpaired) electrons. The number of amides is 1. The van der Waals surface area contributed by atoms with E-state index in [1.54, 1.807) is 12.1 Å². The van der Waals surface area contributed by atoms with Crippen LogP contribution in [0.3, 0.4) is 0 Å². The van der Waals surface area contributed by atoms with E-state index < -0.39 is 5.54 Å². The molecule has 0 aliphatic carbocycles. The van der Waals surface area contributed by atoms with Gasteiger partial charge in [-0.15, -0.1) is 0 Å². The summed E-state index contributed by atoms with van der Waals surface area (Å²) in [4.78, 5) is 14.3. The summed E-state index contributed by atoms with van der Waals surface area (Å²) in [7, 11) is 0. The van der Waals surface area contributed by atoms with Gasteiger partial charge in [0.25, 0.3) is 0 Å². The van der Waals surface area contributed by atoms with Crippen LogP contribution in [0.15, 0.2) is 54.7 Å². The molecule has 1 aromatic heterocycles. The highest BCUT2D eigenvalue weighted by Gasteiger charge is 2.38. The second-order valence-electron chi connectivity index (χ2n) is 8.69. The molecule has 4 nitrogen and oxygen atoms in total. The second-order valence-corrected chi connectivity index (χ2v) is 8.69. The molecule has 5 heteroatoms. The van der Waals surface area contributed by atoms with E-state index in [2.05, 4.69) is 59.1 Å². The number of halogens is 1. The first-order chi connectivity index (χ1) is 14.4. The molecule has 1 fully saturated rings. The minimum atomic E-state index is -0.639. The van der Waals surface area contributed by atoms with Gasteiger partial charge in [-0.3, -0.25) is 9.69 Å². The van der Waals surface area contributed by atoms with Gasteiger partial charge in [0.15, 0.2) is 0 Å². The van der Waals surface area contributed by atoms with Crippen molar-refractivity contribution in [2.75, 3.05) is 13.1 Å². The van der Waals surface area contributed by atoms with Crippen LogP contribution in [0.4, 0.5) is 4.39 Å². The first kappa shape index (κ1) is 20.6. The number of fused-ring (bicyclic) bond motifs is 1. The Balaban J connectivity index is 1.56. The van der Waals surface area contributed by atoms with E-state index in [1.807, 2.05) is 6.07 Å². The number of benzene rings is 2. The van der Waals surface area contributed by atoms with Gasteiger partial charge in [0, 0.05) is 55.3 Å². The molecule has 2 heterocycles. The topological polar surface area (TPSA) is 37.3 Å². The molecule has 158 valence electrons. The first-order valence-electron chi connectivity index (χ1n) is 10.7. The highest BCUT2D eigenvalue weighted by Crippen LogP contribution is 2.35. The Morgan fingerprint density at radius 2 is 1.77 bits per heavy atom. The summed E-state index contributed by atoms with van der Waals surface area (Å²) in [6.07, 6.45) is 3.65. The van der Waals surface area contributed by atoms with Gasteiger partial charge >= 0.3 is 0 Å². The third-order valence-electron chi connectivity index (χ3n) is 6.29. The van der Waals surface area contributed by atoms with Crippen molar-refractivity contribution in [1.29, 1.82) is 0 Å². The maximum atomic E-state index is 14.6. The SMILES string of the molecule is CC(=O)NC1(c2ccccc2F)CCN(Cc2cn(C(C)C)c3ccccc23)CC1. The van der Waals surface area contributed by atoms with Crippen LogP contribution in [0, 0.1) is 5.82 Å². The van der Waals surface area contributed by atoms with Crippen molar-refractivity contribution >= 4 is 16.8 Å². The fourth-order valence-corrected chi connectivity index (χ4v) is 4.81. The summed E-state index contributed by atoms with van der Waals surface area (Å²) in [6.45, 7) is 8.37. The van der Waals surface area contributed by atoms with Crippen LogP contribution in [0.2, 0.25) is 0 Å². The number of likely N-dealkylation sites (tertiary alicyclic amines) is 1. The lowest BCUT2D eigenvalue weighted by molar-refractivity contribution is -0.121. The maximum absolute atomic E-state index is 14.6. The van der Waals surface area contributed by atoms with Crippen molar-refractivity contribution in [3.8, 4) is 0 Å². The number of carbonyl (C=O) groups excluding carboxylic acids is 1. The standard InChI is InChI=1S/C25H30FN3O/c1-18(2)29-17-20(21-8-4-7-11-24(21)29)16-28-14-12-25(13-15-28,27-19(3)30)22-9-5-6-10-23(22)26/h4-11,17-18H,12-16H2,1-3H3,(H,27,30). The van der Waals surface area contributed by atoms with Gasteiger partial charge in [0.05, 0.1) is 5.54 Å². The fraction of sp³-hybridized carbons (Fsp3) is 0.400. The van der Waals surface area contributed by atoms with Crippen molar-refractivity contribution in [2.45, 2.75) is 51.7 Å². The third kappa shape index (κ3) is 3.86. The molecule has 0 atom stereocenters. The molecular formula is C25H30FN3O. The Labute approximate surface area is 177 Å². The Bertz CT molecular complexity index is 1050. The lowest BCUT2D eigenvalue weighted by Gasteiger charge is -2.42. The second kappa shape index (κ2) is 8.23. The number of aromatic nitrogens is 1. The predicted octanol–water partition coefficient (Wildman–Crippen LogP) is 4.99. The molecule has 0 saturated carbocycles. The molecule has 30 heavy (non-hydrogen) atoms. The summed E-state index contributed by atoms with van der Waals surface area (Å²) in [5.41, 5.74) is 2.53. The number of nitrogens with one attached hydrogen (secondary N) is 1. The summed E-state index contributed by atoms with van der Waals surface area (Å²) < 4.78 is 16.9. The van der Waals surface area contributed by atoms with Crippen LogP contribution in [-0.2, 0) is 16.9 Å². The molecule has 1 aliphatic heterocycles. The van der Waals surface area contributed by atoms with Gasteiger partial charge in [-0.1, -0.05) is 36.4 Å². The molecular weight excluding hydrogens is 377 g/mol. The van der Waals surface area contributed by atoms with E-state index in [1.165, 1.54) is 29.5 Å². The van der Waals surface area contributed by atoms with Crippen molar-refractivity contribution < 1.29 is 9.18 Å². The number of carbonyl (C=O) groups is 1. The predicted molar refractivity (Wildman–Crippen MR) is 119 cm³/mol. The zero-order valence-corrected chi connectivity index (χ0v) is 18.0. The van der Waals surface area contributed by atoms with Gasteiger partial charge in [-0.05, 0) is 44.4 Å². The van der Waals surface area contributed by atoms with E-state index in [-0.39, 0.29) is 11.7 Å². The molecule has 2 aromatic carbocycles. The van der Waals surface area contributed by atoms with Gasteiger partial charge in [0.1, 0.15) is 5.82 Å². The summed E-state index contributed by atoms with van der Waals surface area (Å²) in [6, 6.07) is 15.8. The van der Waals surface area contributed by atoms with E-state index in [0.717, 1.165) is 19.6 Å². The van der Waals surface area contributed by atoms with Crippen LogP contribution in [-0.4, -0.2) is 28.5 Å². The van der Waals surface area contributed by atoms with Gasteiger partial charge in [0.2, 0.25) is 5.91 Å². The zero-order valence-electron chi connectivity index (χ0n) is 18.0. The Hall–Kier alpha value is -2.66. The van der Waals surface area contributed by atoms with E-state index in [9.17, 15) is 9.18 Å². The highest BCUT2D eigenvalue weighted by atomic mass is 19.1. The van der Waals surface area contributed by atoms with Crippen molar-refractivity contribution in [3.63, 3.8) is 0 Å². The number of nitrogens with zero attached hydrogens (tertiary/aromatic N) is 2. The molecule has 3 aromatic rings. The minimum absolute atomic E-state index is 0.119. The number of rotatable bonds is 5. The lowest BCUT2D eigenvalue weighted by atomic mass is 9.80. The molecule has 0 spiro atoms. The Kier molecular flexibility index (Phi) is 5.65. The molecule has 0 unspecified atom stereocenters.